The van der Waals surface area contributed by atoms with E-state index < -0.39 is 0 Å². The van der Waals surface area contributed by atoms with Crippen LogP contribution in [0.15, 0.2) is 48.5 Å². The molecule has 1 heterocycles. The number of rotatable bonds is 1. The molecule has 0 radical (unpaired) electrons. The molecule has 0 saturated heterocycles. The summed E-state index contributed by atoms with van der Waals surface area (Å²) in [4.78, 5) is 12.6. The predicted molar refractivity (Wildman–Crippen MR) is 79.0 cm³/mol. The number of hydrogen-bond acceptors (Lipinski definition) is 2. The third kappa shape index (κ3) is 1.77. The second-order valence-electron chi connectivity index (χ2n) is 4.88. The van der Waals surface area contributed by atoms with Gasteiger partial charge >= 0.3 is 0 Å². The second-order valence-corrected chi connectivity index (χ2v) is 4.88. The SMILES string of the molecule is Cc1cccc(-c2c(C)n([O-])c3ccccc3[n+]2=O)c1. The smallest absolute Gasteiger partial charge is 0.289 e. The highest BCUT2D eigenvalue weighted by molar-refractivity contribution is 5.75. The Morgan fingerprint density at radius 3 is 2.55 bits per heavy atom. The van der Waals surface area contributed by atoms with E-state index in [2.05, 4.69) is 0 Å². The van der Waals surface area contributed by atoms with Crippen LogP contribution in [0.5, 0.6) is 0 Å². The molecule has 0 aliphatic rings. The Morgan fingerprint density at radius 2 is 1.80 bits per heavy atom. The van der Waals surface area contributed by atoms with E-state index in [1.165, 1.54) is 0 Å². The number of nitrogens with zero attached hydrogens (tertiary/aromatic N) is 2. The summed E-state index contributed by atoms with van der Waals surface area (Å²) >= 11 is 0. The lowest BCUT2D eigenvalue weighted by Crippen LogP contribution is -2.23. The van der Waals surface area contributed by atoms with Crippen molar-refractivity contribution < 1.29 is 4.43 Å². The van der Waals surface area contributed by atoms with Crippen LogP contribution in [-0.2, 0) is 0 Å². The lowest BCUT2D eigenvalue weighted by molar-refractivity contribution is -0.452. The first kappa shape index (κ1) is 12.4. The third-order valence-electron chi connectivity index (χ3n) is 3.46. The van der Waals surface area contributed by atoms with Crippen LogP contribution < -0.4 is 4.43 Å². The first-order valence-corrected chi connectivity index (χ1v) is 6.41. The highest BCUT2D eigenvalue weighted by Crippen LogP contribution is 2.23. The number of aryl methyl sites for hydroxylation is 1. The fourth-order valence-corrected chi connectivity index (χ4v) is 2.47. The van der Waals surface area contributed by atoms with Crippen molar-refractivity contribution in [3.05, 3.63) is 69.9 Å². The predicted octanol–water partition coefficient (Wildman–Crippen LogP) is 3.19. The van der Waals surface area contributed by atoms with Crippen molar-refractivity contribution in [3.8, 4) is 11.3 Å². The number of hydrogen-bond donors (Lipinski definition) is 0. The van der Waals surface area contributed by atoms with E-state index in [9.17, 15) is 10.1 Å². The molecular weight excluding hydrogens is 252 g/mol. The highest BCUT2D eigenvalue weighted by Gasteiger charge is 2.21. The molecule has 2 aromatic carbocycles. The zero-order valence-corrected chi connectivity index (χ0v) is 11.3. The van der Waals surface area contributed by atoms with Gasteiger partial charge in [0.1, 0.15) is 5.52 Å². The average molecular weight is 266 g/mol. The van der Waals surface area contributed by atoms with Crippen molar-refractivity contribution in [2.75, 3.05) is 0 Å². The van der Waals surface area contributed by atoms with Gasteiger partial charge in [-0.3, -0.25) is 0 Å². The number of aromatic nitrogens is 2. The molecule has 0 atom stereocenters. The van der Waals surface area contributed by atoms with Crippen molar-refractivity contribution >= 4 is 11.0 Å². The summed E-state index contributed by atoms with van der Waals surface area (Å²) < 4.78 is 1.66. The van der Waals surface area contributed by atoms with Crippen molar-refractivity contribution in [3.63, 3.8) is 0 Å². The van der Waals surface area contributed by atoms with Crippen LogP contribution in [-0.4, -0.2) is 4.73 Å². The third-order valence-corrected chi connectivity index (χ3v) is 3.46. The molecular formula is C16H14N2O2. The molecule has 0 N–H and O–H groups in total. The van der Waals surface area contributed by atoms with Crippen LogP contribution in [0.1, 0.15) is 11.3 Å². The van der Waals surface area contributed by atoms with Crippen LogP contribution in [0.2, 0.25) is 0 Å². The summed E-state index contributed by atoms with van der Waals surface area (Å²) in [5, 5.41) is 12.3. The fourth-order valence-electron chi connectivity index (χ4n) is 2.47. The minimum absolute atomic E-state index is 0.379. The molecule has 0 amide bonds. The van der Waals surface area contributed by atoms with Gasteiger partial charge in [-0.15, -0.1) is 0 Å². The monoisotopic (exact) mass is 266 g/mol. The molecule has 0 aliphatic carbocycles. The molecule has 4 nitrogen and oxygen atoms in total. The Morgan fingerprint density at radius 1 is 1.05 bits per heavy atom. The molecule has 0 spiro atoms. The first-order valence-electron chi connectivity index (χ1n) is 6.41. The van der Waals surface area contributed by atoms with Gasteiger partial charge in [0.25, 0.3) is 11.2 Å². The van der Waals surface area contributed by atoms with E-state index in [1.54, 1.807) is 31.2 Å². The molecule has 0 unspecified atom stereocenters. The summed E-state index contributed by atoms with van der Waals surface area (Å²) in [6, 6.07) is 14.4. The van der Waals surface area contributed by atoms with Gasteiger partial charge in [-0.25, -0.2) is 0 Å². The van der Waals surface area contributed by atoms with Crippen LogP contribution in [0, 0.1) is 24.0 Å². The zero-order chi connectivity index (χ0) is 14.3. The van der Waals surface area contributed by atoms with Gasteiger partial charge in [0.2, 0.25) is 0 Å². The Bertz CT molecular complexity index is 866. The van der Waals surface area contributed by atoms with Gasteiger partial charge in [-0.2, -0.15) is 0 Å². The molecule has 3 aromatic rings. The van der Waals surface area contributed by atoms with Gasteiger partial charge in [-0.1, -0.05) is 29.8 Å². The van der Waals surface area contributed by atoms with E-state index in [1.807, 2.05) is 31.2 Å². The van der Waals surface area contributed by atoms with Crippen molar-refractivity contribution in [1.29, 1.82) is 0 Å². The lowest BCUT2D eigenvalue weighted by Gasteiger charge is -2.16. The summed E-state index contributed by atoms with van der Waals surface area (Å²) in [6.07, 6.45) is 0. The molecule has 20 heavy (non-hydrogen) atoms. The molecule has 100 valence electrons. The maximum absolute atomic E-state index is 12.6. The molecule has 0 fully saturated rings. The molecule has 3 rings (SSSR count). The zero-order valence-electron chi connectivity index (χ0n) is 11.3. The molecule has 0 bridgehead atoms. The number of fused-ring (bicyclic) bond motifs is 1. The topological polar surface area (TPSA) is 51.0 Å². The normalized spacial score (nSPS) is 10.9. The van der Waals surface area contributed by atoms with E-state index in [0.29, 0.717) is 22.4 Å². The Balaban J connectivity index is 2.46. The van der Waals surface area contributed by atoms with Gasteiger partial charge in [0.15, 0.2) is 0 Å². The lowest BCUT2D eigenvalue weighted by atomic mass is 10.1. The van der Waals surface area contributed by atoms with Gasteiger partial charge in [0.05, 0.1) is 15.7 Å². The molecule has 0 aliphatic heterocycles. The summed E-state index contributed by atoms with van der Waals surface area (Å²) in [5.41, 5.74) is 3.38. The maximum atomic E-state index is 12.6. The number of benzene rings is 2. The minimum atomic E-state index is 0.379. The van der Waals surface area contributed by atoms with Crippen LogP contribution in [0.25, 0.3) is 22.3 Å². The van der Waals surface area contributed by atoms with E-state index >= 15 is 0 Å². The highest BCUT2D eigenvalue weighted by atomic mass is 16.5. The summed E-state index contributed by atoms with van der Waals surface area (Å²) in [5.74, 6) is 0. The number of para-hydroxylation sites is 2. The molecule has 1 aromatic heterocycles. The molecule has 4 heteroatoms. The van der Waals surface area contributed by atoms with Gasteiger partial charge in [-0.05, 0) is 32.0 Å². The summed E-state index contributed by atoms with van der Waals surface area (Å²) in [7, 11) is 0. The second kappa shape index (κ2) is 4.49. The summed E-state index contributed by atoms with van der Waals surface area (Å²) in [6.45, 7) is 3.63. The van der Waals surface area contributed by atoms with Crippen LogP contribution in [0.3, 0.4) is 0 Å². The minimum Gasteiger partial charge on any atom is -0.805 e. The first-order chi connectivity index (χ1) is 9.59. The van der Waals surface area contributed by atoms with Crippen molar-refractivity contribution in [2.45, 2.75) is 13.8 Å². The quantitative estimate of drug-likeness (QED) is 0.635. The Labute approximate surface area is 116 Å². The van der Waals surface area contributed by atoms with E-state index in [0.717, 1.165) is 20.3 Å². The van der Waals surface area contributed by atoms with Crippen molar-refractivity contribution in [2.24, 2.45) is 0 Å². The Hall–Kier alpha value is -2.62. The largest absolute Gasteiger partial charge is 0.805 e. The Kier molecular flexibility index (Phi) is 2.79. The van der Waals surface area contributed by atoms with E-state index in [-0.39, 0.29) is 0 Å². The van der Waals surface area contributed by atoms with Gasteiger partial charge < -0.3 is 9.94 Å². The van der Waals surface area contributed by atoms with Crippen LogP contribution in [0.4, 0.5) is 0 Å². The average Bonchev–Trinajstić information content (AvgIpc) is 2.45. The standard InChI is InChI=1S/C16H14N2O2/c1-11-6-5-7-13(10-11)16-12(2)17(19)14-8-3-4-9-15(14)18(16)20/h3-10H,1-2H3. The maximum Gasteiger partial charge on any atom is 0.289 e. The van der Waals surface area contributed by atoms with Crippen LogP contribution >= 0.6 is 0 Å². The van der Waals surface area contributed by atoms with Gasteiger partial charge in [0, 0.05) is 11.0 Å². The van der Waals surface area contributed by atoms with Crippen molar-refractivity contribution in [1.82, 2.24) is 4.73 Å². The fraction of sp³-hybridized carbons (Fsp3) is 0.125. The van der Waals surface area contributed by atoms with E-state index in [4.69, 9.17) is 0 Å². The molecule has 0 saturated carbocycles.